The Labute approximate surface area is 122 Å². The fraction of sp³-hybridized carbons (Fsp3) is 0.647. The molecule has 0 bridgehead atoms. The molecule has 1 aromatic carbocycles. The van der Waals surface area contributed by atoms with E-state index in [9.17, 15) is 10.2 Å². The Morgan fingerprint density at radius 1 is 1.25 bits per heavy atom. The molecule has 1 saturated carbocycles. The van der Waals surface area contributed by atoms with Crippen molar-refractivity contribution in [1.29, 1.82) is 0 Å². The lowest BCUT2D eigenvalue weighted by molar-refractivity contribution is -0.00877. The van der Waals surface area contributed by atoms with E-state index in [0.717, 1.165) is 31.6 Å². The number of aliphatic hydroxyl groups is 2. The van der Waals surface area contributed by atoms with Gasteiger partial charge in [-0.05, 0) is 43.6 Å². The zero-order valence-corrected chi connectivity index (χ0v) is 12.4. The number of hydrogen-bond acceptors (Lipinski definition) is 3. The average molecular weight is 277 g/mol. The number of nitrogens with one attached hydrogen (secondary N) is 1. The molecule has 1 fully saturated rings. The third-order valence-corrected chi connectivity index (χ3v) is 4.50. The van der Waals surface area contributed by atoms with Gasteiger partial charge in [0.1, 0.15) is 0 Å². The quantitative estimate of drug-likeness (QED) is 0.749. The molecule has 1 aliphatic rings. The van der Waals surface area contributed by atoms with Crippen LogP contribution in [-0.2, 0) is 0 Å². The minimum absolute atomic E-state index is 0.115. The van der Waals surface area contributed by atoms with Crippen LogP contribution in [0.1, 0.15) is 50.6 Å². The van der Waals surface area contributed by atoms with Crippen molar-refractivity contribution >= 4 is 0 Å². The summed E-state index contributed by atoms with van der Waals surface area (Å²) < 4.78 is 0. The molecule has 1 aromatic rings. The summed E-state index contributed by atoms with van der Waals surface area (Å²) in [4.78, 5) is 0. The minimum atomic E-state index is -0.574. The van der Waals surface area contributed by atoms with E-state index >= 15 is 0 Å². The van der Waals surface area contributed by atoms with Crippen LogP contribution in [0.25, 0.3) is 0 Å². The third-order valence-electron chi connectivity index (χ3n) is 4.50. The van der Waals surface area contributed by atoms with Crippen LogP contribution in [0.15, 0.2) is 30.3 Å². The van der Waals surface area contributed by atoms with E-state index in [-0.39, 0.29) is 12.6 Å². The number of rotatable bonds is 6. The van der Waals surface area contributed by atoms with Gasteiger partial charge in [0.2, 0.25) is 0 Å². The van der Waals surface area contributed by atoms with Crippen molar-refractivity contribution in [2.75, 3.05) is 13.2 Å². The highest BCUT2D eigenvalue weighted by Crippen LogP contribution is 2.32. The Kier molecular flexibility index (Phi) is 5.58. The van der Waals surface area contributed by atoms with Gasteiger partial charge >= 0.3 is 0 Å². The molecule has 3 heteroatoms. The maximum Gasteiger partial charge on any atom is 0.0772 e. The molecule has 112 valence electrons. The van der Waals surface area contributed by atoms with E-state index in [1.54, 1.807) is 0 Å². The van der Waals surface area contributed by atoms with Crippen molar-refractivity contribution in [3.8, 4) is 0 Å². The fourth-order valence-corrected chi connectivity index (χ4v) is 2.99. The highest BCUT2D eigenvalue weighted by Gasteiger charge is 2.32. The van der Waals surface area contributed by atoms with Crippen molar-refractivity contribution in [1.82, 2.24) is 5.32 Å². The van der Waals surface area contributed by atoms with E-state index in [1.807, 2.05) is 18.2 Å². The molecule has 0 radical (unpaired) electrons. The first-order chi connectivity index (χ1) is 9.63. The van der Waals surface area contributed by atoms with Gasteiger partial charge in [-0.25, -0.2) is 0 Å². The lowest BCUT2D eigenvalue weighted by Gasteiger charge is -2.36. The van der Waals surface area contributed by atoms with Gasteiger partial charge in [-0.3, -0.25) is 0 Å². The molecule has 0 unspecified atom stereocenters. The van der Waals surface area contributed by atoms with Crippen LogP contribution < -0.4 is 5.32 Å². The molecule has 20 heavy (non-hydrogen) atoms. The second-order valence-electron chi connectivity index (χ2n) is 6.26. The predicted molar refractivity (Wildman–Crippen MR) is 81.5 cm³/mol. The summed E-state index contributed by atoms with van der Waals surface area (Å²) in [6.07, 6.45) is 4.64. The Hall–Kier alpha value is -0.900. The molecule has 3 nitrogen and oxygen atoms in total. The summed E-state index contributed by atoms with van der Waals surface area (Å²) in [6.45, 7) is 3.02. The van der Waals surface area contributed by atoms with Gasteiger partial charge in [-0.15, -0.1) is 0 Å². The van der Waals surface area contributed by atoms with E-state index < -0.39 is 5.60 Å². The zero-order valence-electron chi connectivity index (χ0n) is 12.4. The normalized spacial score (nSPS) is 28.2. The van der Waals surface area contributed by atoms with Gasteiger partial charge in [-0.2, -0.15) is 0 Å². The summed E-state index contributed by atoms with van der Waals surface area (Å²) in [7, 11) is 0. The summed E-state index contributed by atoms with van der Waals surface area (Å²) in [6, 6.07) is 10.3. The van der Waals surface area contributed by atoms with E-state index in [2.05, 4.69) is 24.4 Å². The first kappa shape index (κ1) is 15.5. The summed E-state index contributed by atoms with van der Waals surface area (Å²) in [5, 5.41) is 23.3. The summed E-state index contributed by atoms with van der Waals surface area (Å²) in [5.74, 6) is 0.734. The van der Waals surface area contributed by atoms with Crippen molar-refractivity contribution in [2.24, 2.45) is 5.92 Å². The maximum absolute atomic E-state index is 10.6. The largest absolute Gasteiger partial charge is 0.396 e. The van der Waals surface area contributed by atoms with Gasteiger partial charge in [0.05, 0.1) is 5.60 Å². The molecule has 3 N–H and O–H groups in total. The molecule has 0 heterocycles. The number of hydrogen-bond donors (Lipinski definition) is 3. The highest BCUT2D eigenvalue weighted by molar-refractivity contribution is 5.19. The Morgan fingerprint density at radius 3 is 2.50 bits per heavy atom. The van der Waals surface area contributed by atoms with E-state index in [4.69, 9.17) is 0 Å². The van der Waals surface area contributed by atoms with Crippen LogP contribution >= 0.6 is 0 Å². The molecule has 0 aliphatic heterocycles. The molecule has 0 aromatic heterocycles. The number of benzene rings is 1. The molecule has 2 rings (SSSR count). The standard InChI is InChI=1S/C17H27NO2/c1-14-7-10-17(20,11-8-14)13-18-16(9-12-19)15-5-3-2-4-6-15/h2-6,14,16,18-20H,7-13H2,1H3/t14?,16-,17?/m1/s1. The predicted octanol–water partition coefficient (Wildman–Crippen LogP) is 2.64. The Bertz CT molecular complexity index is 385. The average Bonchev–Trinajstić information content (AvgIpc) is 2.48. The molecule has 0 saturated heterocycles. The molecular formula is C17H27NO2. The van der Waals surface area contributed by atoms with Crippen LogP contribution in [-0.4, -0.2) is 29.0 Å². The minimum Gasteiger partial charge on any atom is -0.396 e. The molecule has 1 atom stereocenters. The van der Waals surface area contributed by atoms with Crippen molar-refractivity contribution in [3.05, 3.63) is 35.9 Å². The maximum atomic E-state index is 10.6. The smallest absolute Gasteiger partial charge is 0.0772 e. The topological polar surface area (TPSA) is 52.5 Å². The molecule has 0 spiro atoms. The summed E-state index contributed by atoms with van der Waals surface area (Å²) >= 11 is 0. The zero-order chi connectivity index (χ0) is 14.4. The monoisotopic (exact) mass is 277 g/mol. The van der Waals surface area contributed by atoms with Crippen LogP contribution in [0.5, 0.6) is 0 Å². The second kappa shape index (κ2) is 7.21. The van der Waals surface area contributed by atoms with E-state index in [1.165, 1.54) is 5.56 Å². The van der Waals surface area contributed by atoms with Gasteiger partial charge in [0.25, 0.3) is 0 Å². The van der Waals surface area contributed by atoms with Crippen molar-refractivity contribution in [3.63, 3.8) is 0 Å². The summed E-state index contributed by atoms with van der Waals surface area (Å²) in [5.41, 5.74) is 0.601. The fourth-order valence-electron chi connectivity index (χ4n) is 2.99. The van der Waals surface area contributed by atoms with Crippen molar-refractivity contribution in [2.45, 2.75) is 50.7 Å². The van der Waals surface area contributed by atoms with Crippen LogP contribution in [0.4, 0.5) is 0 Å². The van der Waals surface area contributed by atoms with Gasteiger partial charge in [0, 0.05) is 19.2 Å². The highest BCUT2D eigenvalue weighted by atomic mass is 16.3. The third kappa shape index (κ3) is 4.30. The van der Waals surface area contributed by atoms with Gasteiger partial charge in [-0.1, -0.05) is 37.3 Å². The molecule has 0 amide bonds. The molecular weight excluding hydrogens is 250 g/mol. The SMILES string of the molecule is CC1CCC(O)(CN[C@H](CCO)c2ccccc2)CC1. The van der Waals surface area contributed by atoms with Crippen LogP contribution in [0, 0.1) is 5.92 Å². The van der Waals surface area contributed by atoms with E-state index in [0.29, 0.717) is 13.0 Å². The van der Waals surface area contributed by atoms with Gasteiger partial charge < -0.3 is 15.5 Å². The van der Waals surface area contributed by atoms with Gasteiger partial charge in [0.15, 0.2) is 0 Å². The number of aliphatic hydroxyl groups excluding tert-OH is 1. The lowest BCUT2D eigenvalue weighted by Crippen LogP contribution is -2.44. The van der Waals surface area contributed by atoms with Crippen LogP contribution in [0.2, 0.25) is 0 Å². The molecule has 1 aliphatic carbocycles. The Balaban J connectivity index is 1.92. The first-order valence-corrected chi connectivity index (χ1v) is 7.74. The van der Waals surface area contributed by atoms with Crippen molar-refractivity contribution < 1.29 is 10.2 Å². The first-order valence-electron chi connectivity index (χ1n) is 7.74. The van der Waals surface area contributed by atoms with Crippen LogP contribution in [0.3, 0.4) is 0 Å². The Morgan fingerprint density at radius 2 is 1.90 bits per heavy atom. The second-order valence-corrected chi connectivity index (χ2v) is 6.26. The lowest BCUT2D eigenvalue weighted by atomic mass is 9.79.